The van der Waals surface area contributed by atoms with Gasteiger partial charge >= 0.3 is 0 Å². The van der Waals surface area contributed by atoms with Gasteiger partial charge in [0.05, 0.1) is 20.3 Å². The van der Waals surface area contributed by atoms with Crippen LogP contribution in [0.25, 0.3) is 0 Å². The summed E-state index contributed by atoms with van der Waals surface area (Å²) in [5, 5.41) is 8.88. The molecule has 0 saturated heterocycles. The molecule has 0 bridgehead atoms. The van der Waals surface area contributed by atoms with Crippen molar-refractivity contribution in [3.63, 3.8) is 0 Å². The summed E-state index contributed by atoms with van der Waals surface area (Å²) in [6.07, 6.45) is 0. The van der Waals surface area contributed by atoms with E-state index in [1.54, 1.807) is 6.92 Å². The Morgan fingerprint density at radius 3 is 2.64 bits per heavy atom. The molecule has 1 aromatic carbocycles. The molecule has 4 heteroatoms. The first-order valence-electron chi connectivity index (χ1n) is 4.33. The lowest BCUT2D eigenvalue weighted by Crippen LogP contribution is -1.99. The SMILES string of the molecule is CCOc1cc(OC)cc(CO)c1F. The summed E-state index contributed by atoms with van der Waals surface area (Å²) in [4.78, 5) is 0. The third-order valence-electron chi connectivity index (χ3n) is 1.79. The first-order valence-corrected chi connectivity index (χ1v) is 4.33. The third-order valence-corrected chi connectivity index (χ3v) is 1.79. The van der Waals surface area contributed by atoms with Gasteiger partial charge in [-0.1, -0.05) is 0 Å². The van der Waals surface area contributed by atoms with Crippen LogP contribution in [0.2, 0.25) is 0 Å². The Kier molecular flexibility index (Phi) is 3.71. The van der Waals surface area contributed by atoms with Gasteiger partial charge in [0, 0.05) is 11.6 Å². The zero-order valence-electron chi connectivity index (χ0n) is 8.21. The third kappa shape index (κ3) is 2.14. The van der Waals surface area contributed by atoms with Crippen LogP contribution in [-0.4, -0.2) is 18.8 Å². The minimum atomic E-state index is -0.532. The zero-order valence-corrected chi connectivity index (χ0v) is 8.21. The van der Waals surface area contributed by atoms with E-state index in [0.717, 1.165) is 0 Å². The number of hydrogen-bond acceptors (Lipinski definition) is 3. The van der Waals surface area contributed by atoms with Gasteiger partial charge in [-0.15, -0.1) is 0 Å². The van der Waals surface area contributed by atoms with Gasteiger partial charge in [0.15, 0.2) is 11.6 Å². The van der Waals surface area contributed by atoms with Crippen LogP contribution in [0.15, 0.2) is 12.1 Å². The molecule has 0 aliphatic carbocycles. The number of ether oxygens (including phenoxy) is 2. The number of halogens is 1. The second-order valence-electron chi connectivity index (χ2n) is 2.69. The average molecular weight is 200 g/mol. The molecule has 0 aromatic heterocycles. The first-order chi connectivity index (χ1) is 6.72. The van der Waals surface area contributed by atoms with Crippen molar-refractivity contribution >= 4 is 0 Å². The molecule has 1 aromatic rings. The average Bonchev–Trinajstić information content (AvgIpc) is 2.21. The fourth-order valence-corrected chi connectivity index (χ4v) is 1.12. The van der Waals surface area contributed by atoms with Crippen LogP contribution in [0.3, 0.4) is 0 Å². The summed E-state index contributed by atoms with van der Waals surface area (Å²) < 4.78 is 23.4. The molecule has 0 amide bonds. The fraction of sp³-hybridized carbons (Fsp3) is 0.400. The molecule has 78 valence electrons. The Morgan fingerprint density at radius 1 is 1.43 bits per heavy atom. The lowest BCUT2D eigenvalue weighted by Gasteiger charge is -2.09. The van der Waals surface area contributed by atoms with Gasteiger partial charge in [0.2, 0.25) is 0 Å². The highest BCUT2D eigenvalue weighted by Crippen LogP contribution is 2.27. The van der Waals surface area contributed by atoms with E-state index < -0.39 is 5.82 Å². The molecule has 1 rings (SSSR count). The van der Waals surface area contributed by atoms with Crippen LogP contribution in [0.1, 0.15) is 12.5 Å². The first kappa shape index (κ1) is 10.8. The van der Waals surface area contributed by atoms with Crippen LogP contribution < -0.4 is 9.47 Å². The van der Waals surface area contributed by atoms with E-state index >= 15 is 0 Å². The molecule has 3 nitrogen and oxygen atoms in total. The number of hydrogen-bond donors (Lipinski definition) is 1. The molecule has 14 heavy (non-hydrogen) atoms. The molecule has 0 fully saturated rings. The lowest BCUT2D eigenvalue weighted by atomic mass is 10.2. The fourth-order valence-electron chi connectivity index (χ4n) is 1.12. The van der Waals surface area contributed by atoms with Gasteiger partial charge < -0.3 is 14.6 Å². The van der Waals surface area contributed by atoms with E-state index in [9.17, 15) is 4.39 Å². The molecule has 0 unspecified atom stereocenters. The Balaban J connectivity index is 3.12. The highest BCUT2D eigenvalue weighted by molar-refractivity contribution is 5.39. The summed E-state index contributed by atoms with van der Waals surface area (Å²) in [7, 11) is 1.48. The van der Waals surface area contributed by atoms with E-state index in [-0.39, 0.29) is 17.9 Å². The lowest BCUT2D eigenvalue weighted by molar-refractivity contribution is 0.267. The Hall–Kier alpha value is -1.29. The maximum absolute atomic E-state index is 13.4. The topological polar surface area (TPSA) is 38.7 Å². The molecule has 0 aliphatic rings. The summed E-state index contributed by atoms with van der Waals surface area (Å²) in [6, 6.07) is 2.90. The second kappa shape index (κ2) is 4.81. The van der Waals surface area contributed by atoms with Gasteiger partial charge in [-0.05, 0) is 13.0 Å². The molecule has 0 radical (unpaired) electrons. The largest absolute Gasteiger partial charge is 0.497 e. The normalized spacial score (nSPS) is 10.0. The molecule has 0 saturated carbocycles. The van der Waals surface area contributed by atoms with Crippen LogP contribution >= 0.6 is 0 Å². The van der Waals surface area contributed by atoms with Gasteiger partial charge in [-0.25, -0.2) is 4.39 Å². The minimum absolute atomic E-state index is 0.107. The Morgan fingerprint density at radius 2 is 2.14 bits per heavy atom. The number of benzene rings is 1. The van der Waals surface area contributed by atoms with E-state index in [1.807, 2.05) is 0 Å². The number of rotatable bonds is 4. The van der Waals surface area contributed by atoms with Crippen molar-refractivity contribution in [2.24, 2.45) is 0 Å². The van der Waals surface area contributed by atoms with Crippen molar-refractivity contribution in [1.82, 2.24) is 0 Å². The molecular formula is C10H13FO3. The number of aliphatic hydroxyl groups is 1. The standard InChI is InChI=1S/C10H13FO3/c1-3-14-9-5-8(13-2)4-7(6-12)10(9)11/h4-5,12H,3,6H2,1-2H3. The van der Waals surface area contributed by atoms with Crippen LogP contribution in [-0.2, 0) is 6.61 Å². The van der Waals surface area contributed by atoms with E-state index in [0.29, 0.717) is 12.4 Å². The Bertz CT molecular complexity index is 312. The van der Waals surface area contributed by atoms with Gasteiger partial charge in [-0.3, -0.25) is 0 Å². The Labute approximate surface area is 82.1 Å². The molecule has 1 N–H and O–H groups in total. The van der Waals surface area contributed by atoms with Crippen LogP contribution in [0, 0.1) is 5.82 Å². The van der Waals surface area contributed by atoms with Crippen LogP contribution in [0.4, 0.5) is 4.39 Å². The van der Waals surface area contributed by atoms with Gasteiger partial charge in [-0.2, -0.15) is 0 Å². The van der Waals surface area contributed by atoms with Crippen molar-refractivity contribution in [2.75, 3.05) is 13.7 Å². The number of methoxy groups -OCH3 is 1. The van der Waals surface area contributed by atoms with Gasteiger partial charge in [0.25, 0.3) is 0 Å². The summed E-state index contributed by atoms with van der Waals surface area (Å²) in [6.45, 7) is 1.76. The predicted molar refractivity (Wildman–Crippen MR) is 50.0 cm³/mol. The maximum atomic E-state index is 13.4. The van der Waals surface area contributed by atoms with E-state index in [2.05, 4.69) is 0 Å². The summed E-state index contributed by atoms with van der Waals surface area (Å²) in [5.74, 6) is 0.0463. The highest BCUT2D eigenvalue weighted by atomic mass is 19.1. The maximum Gasteiger partial charge on any atom is 0.170 e. The second-order valence-corrected chi connectivity index (χ2v) is 2.69. The number of aliphatic hydroxyl groups excluding tert-OH is 1. The molecular weight excluding hydrogens is 187 g/mol. The zero-order chi connectivity index (χ0) is 10.6. The van der Waals surface area contributed by atoms with E-state index in [1.165, 1.54) is 19.2 Å². The highest BCUT2D eigenvalue weighted by Gasteiger charge is 2.11. The minimum Gasteiger partial charge on any atom is -0.497 e. The molecule has 0 spiro atoms. The van der Waals surface area contributed by atoms with E-state index in [4.69, 9.17) is 14.6 Å². The molecule has 0 heterocycles. The smallest absolute Gasteiger partial charge is 0.170 e. The van der Waals surface area contributed by atoms with Crippen molar-refractivity contribution in [3.05, 3.63) is 23.5 Å². The molecule has 0 aliphatic heterocycles. The van der Waals surface area contributed by atoms with Crippen molar-refractivity contribution in [3.8, 4) is 11.5 Å². The van der Waals surface area contributed by atoms with Crippen molar-refractivity contribution in [1.29, 1.82) is 0 Å². The van der Waals surface area contributed by atoms with Crippen LogP contribution in [0.5, 0.6) is 11.5 Å². The quantitative estimate of drug-likeness (QED) is 0.804. The van der Waals surface area contributed by atoms with Crippen molar-refractivity contribution < 1.29 is 19.0 Å². The van der Waals surface area contributed by atoms with Crippen molar-refractivity contribution in [2.45, 2.75) is 13.5 Å². The predicted octanol–water partition coefficient (Wildman–Crippen LogP) is 1.73. The summed E-state index contributed by atoms with van der Waals surface area (Å²) in [5.41, 5.74) is 0.174. The molecule has 0 atom stereocenters. The van der Waals surface area contributed by atoms with Gasteiger partial charge in [0.1, 0.15) is 5.75 Å². The monoisotopic (exact) mass is 200 g/mol. The summed E-state index contributed by atoms with van der Waals surface area (Å²) >= 11 is 0.